The van der Waals surface area contributed by atoms with Crippen LogP contribution in [-0.4, -0.2) is 17.4 Å². The smallest absolute Gasteiger partial charge is 0.219 e. The van der Waals surface area contributed by atoms with Crippen molar-refractivity contribution >= 4 is 28.4 Å². The molecule has 0 radical (unpaired) electrons. The van der Waals surface area contributed by atoms with E-state index in [9.17, 15) is 4.79 Å². The van der Waals surface area contributed by atoms with E-state index in [4.69, 9.17) is 17.3 Å². The lowest BCUT2D eigenvalue weighted by molar-refractivity contribution is -0.118. The number of benzene rings is 1. The van der Waals surface area contributed by atoms with E-state index in [1.807, 2.05) is 24.3 Å². The molecule has 0 aliphatic heterocycles. The van der Waals surface area contributed by atoms with Crippen molar-refractivity contribution in [1.29, 1.82) is 0 Å². The number of rotatable bonds is 6. The molecule has 0 fully saturated rings. The maximum atomic E-state index is 11.3. The van der Waals surface area contributed by atoms with Crippen molar-refractivity contribution in [1.82, 2.24) is 10.3 Å². The van der Waals surface area contributed by atoms with Crippen molar-refractivity contribution in [3.63, 3.8) is 0 Å². The summed E-state index contributed by atoms with van der Waals surface area (Å²) in [6.45, 7) is 2.89. The first-order valence-corrected chi connectivity index (χ1v) is 7.06. The number of hydrogen-bond acceptors (Lipinski definition) is 3. The number of nitrogens with two attached hydrogens (primary N) is 1. The topological polar surface area (TPSA) is 68.0 Å². The molecule has 0 saturated heterocycles. The molecule has 0 aliphatic rings. The van der Waals surface area contributed by atoms with Crippen LogP contribution < -0.4 is 11.1 Å². The van der Waals surface area contributed by atoms with Gasteiger partial charge in [0.05, 0.1) is 5.52 Å². The van der Waals surface area contributed by atoms with E-state index in [2.05, 4.69) is 17.2 Å². The average Bonchev–Trinajstić information content (AvgIpc) is 2.44. The molecule has 4 nitrogen and oxygen atoms in total. The Hall–Kier alpha value is -1.65. The van der Waals surface area contributed by atoms with Gasteiger partial charge in [0.1, 0.15) is 0 Å². The number of aromatic nitrogens is 1. The molecular formula is C15H18ClN3O. The molecule has 20 heavy (non-hydrogen) atoms. The Morgan fingerprint density at radius 1 is 1.45 bits per heavy atom. The molecule has 0 bridgehead atoms. The number of primary amides is 1. The fraction of sp³-hybridized carbons (Fsp3) is 0.333. The Morgan fingerprint density at radius 3 is 2.95 bits per heavy atom. The van der Waals surface area contributed by atoms with Crippen molar-refractivity contribution < 1.29 is 4.79 Å². The summed E-state index contributed by atoms with van der Waals surface area (Å²) in [6, 6.07) is 7.38. The lowest BCUT2D eigenvalue weighted by Crippen LogP contribution is -2.27. The first kappa shape index (κ1) is 14.8. The zero-order valence-electron chi connectivity index (χ0n) is 11.4. The molecule has 2 aromatic rings. The predicted molar refractivity (Wildman–Crippen MR) is 81.6 cm³/mol. The lowest BCUT2D eigenvalue weighted by Gasteiger charge is -2.19. The van der Waals surface area contributed by atoms with E-state index < -0.39 is 0 Å². The molecule has 106 valence electrons. The molecule has 0 saturated carbocycles. The van der Waals surface area contributed by atoms with E-state index in [0.717, 1.165) is 29.4 Å². The highest BCUT2D eigenvalue weighted by Crippen LogP contribution is 2.29. The SMILES string of the molecule is CCCNC(CC(N)=O)c1ccc(Cl)c2cccnc12. The van der Waals surface area contributed by atoms with Gasteiger partial charge in [-0.15, -0.1) is 0 Å². The second-order valence-electron chi connectivity index (χ2n) is 4.71. The summed E-state index contributed by atoms with van der Waals surface area (Å²) in [5, 5.41) is 4.89. The molecule has 1 aromatic heterocycles. The zero-order chi connectivity index (χ0) is 14.5. The summed E-state index contributed by atoms with van der Waals surface area (Å²) in [5.41, 5.74) is 7.12. The van der Waals surface area contributed by atoms with E-state index in [-0.39, 0.29) is 18.4 Å². The molecule has 1 aromatic carbocycles. The second kappa shape index (κ2) is 6.68. The number of hydrogen-bond donors (Lipinski definition) is 2. The summed E-state index contributed by atoms with van der Waals surface area (Å²) in [4.78, 5) is 15.7. The maximum Gasteiger partial charge on any atom is 0.219 e. The van der Waals surface area contributed by atoms with Crippen LogP contribution in [0.25, 0.3) is 10.9 Å². The van der Waals surface area contributed by atoms with Gasteiger partial charge in [0, 0.05) is 29.1 Å². The van der Waals surface area contributed by atoms with Crippen molar-refractivity contribution in [3.05, 3.63) is 41.0 Å². The number of pyridine rings is 1. The summed E-state index contributed by atoms with van der Waals surface area (Å²) in [7, 11) is 0. The number of nitrogens with zero attached hydrogens (tertiary/aromatic N) is 1. The van der Waals surface area contributed by atoms with Crippen LogP contribution in [0.2, 0.25) is 5.02 Å². The fourth-order valence-corrected chi connectivity index (χ4v) is 2.47. The Kier molecular flexibility index (Phi) is 4.93. The molecule has 1 amide bonds. The van der Waals surface area contributed by atoms with Crippen molar-refractivity contribution in [3.8, 4) is 0 Å². The average molecular weight is 292 g/mol. The Labute approximate surface area is 123 Å². The summed E-state index contributed by atoms with van der Waals surface area (Å²) >= 11 is 6.19. The highest BCUT2D eigenvalue weighted by atomic mass is 35.5. The number of amides is 1. The number of fused-ring (bicyclic) bond motifs is 1. The number of carbonyl (C=O) groups excluding carboxylic acids is 1. The predicted octanol–water partition coefficient (Wildman–Crippen LogP) is 2.80. The van der Waals surface area contributed by atoms with Crippen LogP contribution in [0.3, 0.4) is 0 Å². The standard InChI is InChI=1S/C15H18ClN3O/c1-2-7-18-13(9-14(17)20)11-5-6-12(16)10-4-3-8-19-15(10)11/h3-6,8,13,18H,2,7,9H2,1H3,(H2,17,20). The zero-order valence-corrected chi connectivity index (χ0v) is 12.2. The third-order valence-corrected chi connectivity index (χ3v) is 3.50. The highest BCUT2D eigenvalue weighted by Gasteiger charge is 2.17. The second-order valence-corrected chi connectivity index (χ2v) is 5.12. The van der Waals surface area contributed by atoms with Crippen LogP contribution in [0.5, 0.6) is 0 Å². The quantitative estimate of drug-likeness (QED) is 0.860. The Bertz CT molecular complexity index is 615. The number of halogens is 1. The van der Waals surface area contributed by atoms with Gasteiger partial charge in [-0.2, -0.15) is 0 Å². The summed E-state index contributed by atoms with van der Waals surface area (Å²) in [6.07, 6.45) is 2.95. The summed E-state index contributed by atoms with van der Waals surface area (Å²) in [5.74, 6) is -0.336. The van der Waals surface area contributed by atoms with Crippen LogP contribution in [-0.2, 0) is 4.79 Å². The van der Waals surface area contributed by atoms with Crippen LogP contribution in [0.1, 0.15) is 31.4 Å². The van der Waals surface area contributed by atoms with Crippen molar-refractivity contribution in [2.45, 2.75) is 25.8 Å². The molecule has 2 rings (SSSR count). The van der Waals surface area contributed by atoms with E-state index in [1.54, 1.807) is 6.20 Å². The molecule has 3 N–H and O–H groups in total. The van der Waals surface area contributed by atoms with Gasteiger partial charge in [0.2, 0.25) is 5.91 Å². The first-order chi connectivity index (χ1) is 9.63. The van der Waals surface area contributed by atoms with Gasteiger partial charge in [-0.25, -0.2) is 0 Å². The summed E-state index contributed by atoms with van der Waals surface area (Å²) < 4.78 is 0. The van der Waals surface area contributed by atoms with Crippen molar-refractivity contribution in [2.75, 3.05) is 6.54 Å². The number of carbonyl (C=O) groups is 1. The van der Waals surface area contributed by atoms with Gasteiger partial charge in [-0.3, -0.25) is 9.78 Å². The van der Waals surface area contributed by atoms with E-state index >= 15 is 0 Å². The van der Waals surface area contributed by atoms with Gasteiger partial charge in [-0.1, -0.05) is 24.6 Å². The minimum Gasteiger partial charge on any atom is -0.370 e. The van der Waals surface area contributed by atoms with Crippen LogP contribution in [0.4, 0.5) is 0 Å². The molecule has 1 heterocycles. The fourth-order valence-electron chi connectivity index (χ4n) is 2.25. The molecule has 0 spiro atoms. The van der Waals surface area contributed by atoms with Crippen LogP contribution >= 0.6 is 11.6 Å². The molecule has 1 unspecified atom stereocenters. The molecule has 5 heteroatoms. The number of nitrogens with one attached hydrogen (secondary N) is 1. The van der Waals surface area contributed by atoms with Gasteiger partial charge < -0.3 is 11.1 Å². The van der Waals surface area contributed by atoms with Crippen molar-refractivity contribution in [2.24, 2.45) is 5.73 Å². The lowest BCUT2D eigenvalue weighted by atomic mass is 9.99. The molecule has 1 atom stereocenters. The first-order valence-electron chi connectivity index (χ1n) is 6.68. The molecule has 0 aliphatic carbocycles. The van der Waals surface area contributed by atoms with Crippen LogP contribution in [0, 0.1) is 0 Å². The van der Waals surface area contributed by atoms with Crippen LogP contribution in [0.15, 0.2) is 30.5 Å². The van der Waals surface area contributed by atoms with E-state index in [0.29, 0.717) is 5.02 Å². The third-order valence-electron chi connectivity index (χ3n) is 3.17. The maximum absolute atomic E-state index is 11.3. The highest BCUT2D eigenvalue weighted by molar-refractivity contribution is 6.35. The largest absolute Gasteiger partial charge is 0.370 e. The Morgan fingerprint density at radius 2 is 2.25 bits per heavy atom. The minimum absolute atomic E-state index is 0.137. The minimum atomic E-state index is -0.336. The van der Waals surface area contributed by atoms with E-state index in [1.165, 1.54) is 0 Å². The van der Waals surface area contributed by atoms with Gasteiger partial charge in [0.15, 0.2) is 0 Å². The van der Waals surface area contributed by atoms with Gasteiger partial charge in [0.25, 0.3) is 0 Å². The van der Waals surface area contributed by atoms with Gasteiger partial charge in [-0.05, 0) is 36.7 Å². The van der Waals surface area contributed by atoms with Gasteiger partial charge >= 0.3 is 0 Å². The monoisotopic (exact) mass is 291 g/mol. The normalized spacial score (nSPS) is 12.5. The third kappa shape index (κ3) is 3.26. The molecular weight excluding hydrogens is 274 g/mol. The Balaban J connectivity index is 2.46.